The number of benzene rings is 2. The molecule has 2 N–H and O–H groups in total. The Bertz CT molecular complexity index is 1110. The average Bonchev–Trinajstić information content (AvgIpc) is 3.18. The SMILES string of the molecule is O[C@@H]1CCC[C@H](c2nccnc2Oc2ccc(Nc3nc4ccccc4s3)cc2)C1. The number of ether oxygens (including phenoxy) is 1. The number of nitrogens with zero attached hydrogens (tertiary/aromatic N) is 3. The predicted molar refractivity (Wildman–Crippen MR) is 119 cm³/mol. The first-order valence-corrected chi connectivity index (χ1v) is 11.0. The molecule has 152 valence electrons. The molecule has 1 saturated carbocycles. The highest BCUT2D eigenvalue weighted by Gasteiger charge is 2.26. The first kappa shape index (κ1) is 19.0. The Morgan fingerprint density at radius 3 is 2.67 bits per heavy atom. The Labute approximate surface area is 178 Å². The van der Waals surface area contributed by atoms with Crippen molar-refractivity contribution in [3.8, 4) is 11.6 Å². The minimum Gasteiger partial charge on any atom is -0.437 e. The van der Waals surface area contributed by atoms with E-state index in [1.807, 2.05) is 42.5 Å². The van der Waals surface area contributed by atoms with Crippen LogP contribution in [0.15, 0.2) is 60.9 Å². The maximum atomic E-state index is 10.0. The number of hydrogen-bond donors (Lipinski definition) is 2. The van der Waals surface area contributed by atoms with E-state index < -0.39 is 0 Å². The summed E-state index contributed by atoms with van der Waals surface area (Å²) < 4.78 is 7.21. The molecule has 2 aromatic heterocycles. The van der Waals surface area contributed by atoms with Crippen LogP contribution >= 0.6 is 11.3 Å². The number of aliphatic hydroxyl groups excluding tert-OH is 1. The molecule has 0 unspecified atom stereocenters. The van der Waals surface area contributed by atoms with Gasteiger partial charge in [0.25, 0.3) is 0 Å². The van der Waals surface area contributed by atoms with E-state index in [0.29, 0.717) is 18.1 Å². The zero-order chi connectivity index (χ0) is 20.3. The molecule has 0 spiro atoms. The van der Waals surface area contributed by atoms with Crippen LogP contribution in [-0.4, -0.2) is 26.2 Å². The number of rotatable bonds is 5. The molecule has 2 aromatic carbocycles. The summed E-state index contributed by atoms with van der Waals surface area (Å²) in [6, 6.07) is 15.8. The van der Waals surface area contributed by atoms with Crippen molar-refractivity contribution < 1.29 is 9.84 Å². The number of thiazole rings is 1. The lowest BCUT2D eigenvalue weighted by Gasteiger charge is -2.26. The van der Waals surface area contributed by atoms with Crippen molar-refractivity contribution in [2.75, 3.05) is 5.32 Å². The zero-order valence-corrected chi connectivity index (χ0v) is 17.2. The Kier molecular flexibility index (Phi) is 5.29. The lowest BCUT2D eigenvalue weighted by atomic mass is 9.85. The van der Waals surface area contributed by atoms with E-state index >= 15 is 0 Å². The van der Waals surface area contributed by atoms with E-state index in [1.54, 1.807) is 23.7 Å². The summed E-state index contributed by atoms with van der Waals surface area (Å²) >= 11 is 1.62. The van der Waals surface area contributed by atoms with Crippen molar-refractivity contribution in [1.29, 1.82) is 0 Å². The van der Waals surface area contributed by atoms with Gasteiger partial charge >= 0.3 is 0 Å². The third-order valence-electron chi connectivity index (χ3n) is 5.34. The van der Waals surface area contributed by atoms with Crippen LogP contribution in [0.5, 0.6) is 11.6 Å². The van der Waals surface area contributed by atoms with Gasteiger partial charge in [0.1, 0.15) is 11.4 Å². The van der Waals surface area contributed by atoms with Crippen LogP contribution in [0, 0.1) is 0 Å². The van der Waals surface area contributed by atoms with Gasteiger partial charge in [-0.2, -0.15) is 0 Å². The Hall–Kier alpha value is -3.03. The van der Waals surface area contributed by atoms with Crippen LogP contribution in [0.25, 0.3) is 10.2 Å². The van der Waals surface area contributed by atoms with Crippen molar-refractivity contribution in [2.24, 2.45) is 0 Å². The highest BCUT2D eigenvalue weighted by molar-refractivity contribution is 7.22. The number of hydrogen-bond acceptors (Lipinski definition) is 7. The number of para-hydroxylation sites is 1. The molecule has 0 radical (unpaired) electrons. The second-order valence-corrected chi connectivity index (χ2v) is 8.53. The lowest BCUT2D eigenvalue weighted by molar-refractivity contribution is 0.118. The Morgan fingerprint density at radius 1 is 1.00 bits per heavy atom. The molecular weight excluding hydrogens is 396 g/mol. The molecule has 5 rings (SSSR count). The molecule has 7 heteroatoms. The molecule has 0 aliphatic heterocycles. The summed E-state index contributed by atoms with van der Waals surface area (Å²) in [6.45, 7) is 0. The van der Waals surface area contributed by atoms with Crippen molar-refractivity contribution in [3.05, 3.63) is 66.6 Å². The molecular formula is C23H22N4O2S. The van der Waals surface area contributed by atoms with Crippen LogP contribution in [0.1, 0.15) is 37.3 Å². The summed E-state index contributed by atoms with van der Waals surface area (Å²) in [7, 11) is 0. The van der Waals surface area contributed by atoms with E-state index in [-0.39, 0.29) is 12.0 Å². The highest BCUT2D eigenvalue weighted by Crippen LogP contribution is 2.37. The minimum absolute atomic E-state index is 0.178. The topological polar surface area (TPSA) is 80.2 Å². The van der Waals surface area contributed by atoms with Crippen LogP contribution in [0.2, 0.25) is 0 Å². The Balaban J connectivity index is 1.30. The monoisotopic (exact) mass is 418 g/mol. The van der Waals surface area contributed by atoms with Gasteiger partial charge in [-0.15, -0.1) is 0 Å². The third kappa shape index (κ3) is 4.13. The quantitative estimate of drug-likeness (QED) is 0.436. The molecule has 2 atom stereocenters. The van der Waals surface area contributed by atoms with Crippen molar-refractivity contribution in [1.82, 2.24) is 15.0 Å². The number of anilines is 2. The van der Waals surface area contributed by atoms with Gasteiger partial charge in [0.2, 0.25) is 5.88 Å². The van der Waals surface area contributed by atoms with Gasteiger partial charge in [0.15, 0.2) is 5.13 Å². The van der Waals surface area contributed by atoms with Crippen LogP contribution in [0.4, 0.5) is 10.8 Å². The van der Waals surface area contributed by atoms with Crippen molar-refractivity contribution in [3.63, 3.8) is 0 Å². The molecule has 0 amide bonds. The maximum absolute atomic E-state index is 10.0. The van der Waals surface area contributed by atoms with Gasteiger partial charge in [-0.05, 0) is 55.7 Å². The molecule has 1 fully saturated rings. The second kappa shape index (κ2) is 8.38. The van der Waals surface area contributed by atoms with Gasteiger partial charge < -0.3 is 15.2 Å². The van der Waals surface area contributed by atoms with Crippen LogP contribution in [-0.2, 0) is 0 Å². The molecule has 2 heterocycles. The molecule has 4 aromatic rings. The number of aliphatic hydroxyl groups is 1. The van der Waals surface area contributed by atoms with Crippen molar-refractivity contribution in [2.45, 2.75) is 37.7 Å². The number of aromatic nitrogens is 3. The number of nitrogens with one attached hydrogen (secondary N) is 1. The minimum atomic E-state index is -0.272. The number of fused-ring (bicyclic) bond motifs is 1. The van der Waals surface area contributed by atoms with Gasteiger partial charge in [-0.3, -0.25) is 4.98 Å². The van der Waals surface area contributed by atoms with Crippen molar-refractivity contribution >= 4 is 32.4 Å². The van der Waals surface area contributed by atoms with Gasteiger partial charge in [-0.25, -0.2) is 9.97 Å². The van der Waals surface area contributed by atoms with E-state index in [2.05, 4.69) is 26.3 Å². The first-order chi connectivity index (χ1) is 14.7. The summed E-state index contributed by atoms with van der Waals surface area (Å²) in [5.74, 6) is 1.39. The predicted octanol–water partition coefficient (Wildman–Crippen LogP) is 5.64. The van der Waals surface area contributed by atoms with E-state index in [9.17, 15) is 5.11 Å². The fraction of sp³-hybridized carbons (Fsp3) is 0.261. The van der Waals surface area contributed by atoms with E-state index in [1.165, 1.54) is 0 Å². The largest absolute Gasteiger partial charge is 0.437 e. The molecule has 0 bridgehead atoms. The summed E-state index contributed by atoms with van der Waals surface area (Å²) in [4.78, 5) is 13.5. The maximum Gasteiger partial charge on any atom is 0.241 e. The van der Waals surface area contributed by atoms with Gasteiger partial charge in [0, 0.05) is 24.0 Å². The molecule has 30 heavy (non-hydrogen) atoms. The van der Waals surface area contributed by atoms with E-state index in [4.69, 9.17) is 4.74 Å². The summed E-state index contributed by atoms with van der Waals surface area (Å²) in [5.41, 5.74) is 2.76. The normalized spacial score (nSPS) is 19.0. The van der Waals surface area contributed by atoms with Crippen LogP contribution in [0.3, 0.4) is 0 Å². The van der Waals surface area contributed by atoms with Gasteiger partial charge in [-0.1, -0.05) is 29.9 Å². The molecule has 1 aliphatic carbocycles. The summed E-state index contributed by atoms with van der Waals surface area (Å²) in [6.07, 6.45) is 6.61. The smallest absolute Gasteiger partial charge is 0.241 e. The van der Waals surface area contributed by atoms with Gasteiger partial charge in [0.05, 0.1) is 16.3 Å². The second-order valence-electron chi connectivity index (χ2n) is 7.50. The highest BCUT2D eigenvalue weighted by atomic mass is 32.1. The third-order valence-corrected chi connectivity index (χ3v) is 6.29. The summed E-state index contributed by atoms with van der Waals surface area (Å²) in [5, 5.41) is 14.2. The average molecular weight is 419 g/mol. The first-order valence-electron chi connectivity index (χ1n) is 10.1. The Morgan fingerprint density at radius 2 is 1.83 bits per heavy atom. The molecule has 1 aliphatic rings. The zero-order valence-electron chi connectivity index (χ0n) is 16.4. The fourth-order valence-electron chi connectivity index (χ4n) is 3.87. The standard InChI is InChI=1S/C23H22N4O2S/c28-17-5-3-4-15(14-17)21-22(25-13-12-24-21)29-18-10-8-16(9-11-18)26-23-27-19-6-1-2-7-20(19)30-23/h1-2,6-13,15,17,28H,3-5,14H2,(H,26,27)/t15-,17+/m0/s1. The molecule has 6 nitrogen and oxygen atoms in total. The lowest BCUT2D eigenvalue weighted by Crippen LogP contribution is -2.19. The molecule has 0 saturated heterocycles. The fourth-order valence-corrected chi connectivity index (χ4v) is 4.76. The van der Waals surface area contributed by atoms with Crippen LogP contribution < -0.4 is 10.1 Å². The van der Waals surface area contributed by atoms with E-state index in [0.717, 1.165) is 46.0 Å².